The van der Waals surface area contributed by atoms with E-state index in [4.69, 9.17) is 4.55 Å². The summed E-state index contributed by atoms with van der Waals surface area (Å²) in [6, 6.07) is 6.01. The van der Waals surface area contributed by atoms with E-state index in [0.29, 0.717) is 6.54 Å². The van der Waals surface area contributed by atoms with Crippen LogP contribution in [0.15, 0.2) is 18.2 Å². The average Bonchev–Trinajstić information content (AvgIpc) is 2.21. The third-order valence-electron chi connectivity index (χ3n) is 2.79. The summed E-state index contributed by atoms with van der Waals surface area (Å²) in [4.78, 5) is 1.88. The van der Waals surface area contributed by atoms with E-state index in [2.05, 4.69) is 0 Å². The zero-order valence-corrected chi connectivity index (χ0v) is 12.3. The van der Waals surface area contributed by atoms with Gasteiger partial charge in [0.05, 0.1) is 6.10 Å². The number of nitrogens with zero attached hydrogens (tertiary/aromatic N) is 1. The maximum atomic E-state index is 10.7. The second-order valence-corrected chi connectivity index (χ2v) is 6.28. The van der Waals surface area contributed by atoms with Crippen LogP contribution in [0.5, 0.6) is 0 Å². The normalized spacial score (nSPS) is 12.7. The van der Waals surface area contributed by atoms with E-state index in [-0.39, 0.29) is 36.1 Å². The quantitative estimate of drug-likeness (QED) is 0.598. The summed E-state index contributed by atoms with van der Waals surface area (Å²) in [6.07, 6.45) is -1.12. The van der Waals surface area contributed by atoms with E-state index in [1.807, 2.05) is 43.9 Å². The van der Waals surface area contributed by atoms with Gasteiger partial charge >= 0.3 is 29.6 Å². The summed E-state index contributed by atoms with van der Waals surface area (Å²) in [6.45, 7) is 6.71. The predicted octanol–water partition coefficient (Wildman–Crippen LogP) is 0.730. The molecule has 0 aliphatic carbocycles. The zero-order valence-electron chi connectivity index (χ0n) is 11.5. The van der Waals surface area contributed by atoms with Gasteiger partial charge in [0.15, 0.2) is 0 Å². The molecule has 0 heterocycles. The molecule has 5 nitrogen and oxygen atoms in total. The standard InChI is InChI=1S/C13H21NO4S.Na.H/c1-4-14(8-13(15)9-19(16,17)18)12-6-10(2)5-11(3)7-12;;/h5-7,13,15H,4,8-9H2,1-3H3,(H,16,17,18);;. The first-order valence-corrected chi connectivity index (χ1v) is 7.78. The minimum atomic E-state index is -4.15. The number of rotatable bonds is 6. The van der Waals surface area contributed by atoms with E-state index in [1.54, 1.807) is 0 Å². The molecule has 0 fully saturated rings. The van der Waals surface area contributed by atoms with Gasteiger partial charge in [0, 0.05) is 18.8 Å². The van der Waals surface area contributed by atoms with E-state index < -0.39 is 22.0 Å². The molecular formula is C13H22NNaO4S. The Morgan fingerprint density at radius 2 is 1.70 bits per heavy atom. The fraction of sp³-hybridized carbons (Fsp3) is 0.538. The third kappa shape index (κ3) is 7.06. The van der Waals surface area contributed by atoms with E-state index in [0.717, 1.165) is 16.8 Å². The molecule has 0 radical (unpaired) electrons. The van der Waals surface area contributed by atoms with Crippen molar-refractivity contribution in [3.8, 4) is 0 Å². The molecule has 7 heteroatoms. The first-order chi connectivity index (χ1) is 8.71. The SMILES string of the molecule is CCN(CC(O)CS(=O)(=O)O)c1cc(C)cc(C)c1.[NaH]. The molecule has 1 unspecified atom stereocenters. The number of aryl methyl sites for hydroxylation is 2. The van der Waals surface area contributed by atoms with Crippen molar-refractivity contribution in [3.63, 3.8) is 0 Å². The van der Waals surface area contributed by atoms with Crippen LogP contribution in [0.1, 0.15) is 18.1 Å². The fourth-order valence-corrected chi connectivity index (χ4v) is 2.69. The summed E-state index contributed by atoms with van der Waals surface area (Å²) in [5.41, 5.74) is 3.16. The molecule has 0 aliphatic heterocycles. The van der Waals surface area contributed by atoms with Crippen LogP contribution in [-0.2, 0) is 10.1 Å². The molecule has 0 bridgehead atoms. The van der Waals surface area contributed by atoms with Crippen LogP contribution >= 0.6 is 0 Å². The van der Waals surface area contributed by atoms with Crippen LogP contribution in [0.3, 0.4) is 0 Å². The molecule has 0 saturated heterocycles. The first-order valence-electron chi connectivity index (χ1n) is 6.17. The predicted molar refractivity (Wildman–Crippen MR) is 83.4 cm³/mol. The summed E-state index contributed by atoms with van der Waals surface area (Å²) in [5, 5.41) is 9.71. The Morgan fingerprint density at radius 1 is 1.20 bits per heavy atom. The number of likely N-dealkylation sites (N-methyl/N-ethyl adjacent to an activating group) is 1. The maximum absolute atomic E-state index is 10.7. The molecule has 0 amide bonds. The van der Waals surface area contributed by atoms with Gasteiger partial charge in [-0.15, -0.1) is 0 Å². The van der Waals surface area contributed by atoms with Crippen LogP contribution in [-0.4, -0.2) is 72.6 Å². The third-order valence-corrected chi connectivity index (χ3v) is 3.59. The Balaban J connectivity index is 0.00000361. The second kappa shape index (κ2) is 8.36. The van der Waals surface area contributed by atoms with Gasteiger partial charge in [0.1, 0.15) is 5.75 Å². The fourth-order valence-electron chi connectivity index (χ4n) is 2.10. The first kappa shape index (κ1) is 19.9. The van der Waals surface area contributed by atoms with E-state index in [9.17, 15) is 13.5 Å². The monoisotopic (exact) mass is 311 g/mol. The Morgan fingerprint density at radius 3 is 2.10 bits per heavy atom. The van der Waals surface area contributed by atoms with Crippen LogP contribution < -0.4 is 4.90 Å². The second-order valence-electron chi connectivity index (χ2n) is 4.79. The van der Waals surface area contributed by atoms with Gasteiger partial charge in [-0.1, -0.05) is 6.07 Å². The van der Waals surface area contributed by atoms with Gasteiger partial charge in [0.25, 0.3) is 10.1 Å². The van der Waals surface area contributed by atoms with E-state index in [1.165, 1.54) is 0 Å². The molecule has 0 aliphatic rings. The molecular weight excluding hydrogens is 289 g/mol. The zero-order chi connectivity index (χ0) is 14.6. The summed E-state index contributed by atoms with van der Waals surface area (Å²) >= 11 is 0. The van der Waals surface area contributed by atoms with E-state index >= 15 is 0 Å². The summed E-state index contributed by atoms with van der Waals surface area (Å²) in [5.74, 6) is -0.645. The number of anilines is 1. The van der Waals surface area contributed by atoms with Gasteiger partial charge in [-0.3, -0.25) is 4.55 Å². The molecule has 1 atom stereocenters. The van der Waals surface area contributed by atoms with Gasteiger partial charge in [-0.25, -0.2) is 0 Å². The summed E-state index contributed by atoms with van der Waals surface area (Å²) < 4.78 is 30.2. The molecule has 1 rings (SSSR count). The molecule has 0 spiro atoms. The number of benzene rings is 1. The van der Waals surface area contributed by atoms with Crippen molar-refractivity contribution >= 4 is 45.4 Å². The van der Waals surface area contributed by atoms with Crippen molar-refractivity contribution in [2.75, 3.05) is 23.7 Å². The van der Waals surface area contributed by atoms with Gasteiger partial charge in [-0.2, -0.15) is 8.42 Å². The van der Waals surface area contributed by atoms with Crippen molar-refractivity contribution in [3.05, 3.63) is 29.3 Å². The van der Waals surface area contributed by atoms with Crippen molar-refractivity contribution in [2.24, 2.45) is 0 Å². The Labute approximate surface area is 143 Å². The minimum absolute atomic E-state index is 0. The summed E-state index contributed by atoms with van der Waals surface area (Å²) in [7, 11) is -4.15. The Bertz CT molecular complexity index is 513. The van der Waals surface area contributed by atoms with Crippen molar-refractivity contribution in [1.82, 2.24) is 0 Å². The van der Waals surface area contributed by atoms with Gasteiger partial charge < -0.3 is 10.0 Å². The van der Waals surface area contributed by atoms with Crippen LogP contribution in [0.4, 0.5) is 5.69 Å². The molecule has 0 aromatic heterocycles. The number of hydrogen-bond donors (Lipinski definition) is 2. The van der Waals surface area contributed by atoms with Crippen LogP contribution in [0.2, 0.25) is 0 Å². The molecule has 20 heavy (non-hydrogen) atoms. The molecule has 2 N–H and O–H groups in total. The number of aliphatic hydroxyl groups excluding tert-OH is 1. The topological polar surface area (TPSA) is 77.8 Å². The van der Waals surface area contributed by atoms with Crippen molar-refractivity contribution in [2.45, 2.75) is 26.9 Å². The molecule has 1 aromatic carbocycles. The number of aliphatic hydroxyl groups is 1. The number of hydrogen-bond acceptors (Lipinski definition) is 4. The van der Waals surface area contributed by atoms with Gasteiger partial charge in [-0.05, 0) is 44.0 Å². The van der Waals surface area contributed by atoms with Crippen molar-refractivity contribution in [1.29, 1.82) is 0 Å². The van der Waals surface area contributed by atoms with Crippen LogP contribution in [0.25, 0.3) is 0 Å². The molecule has 110 valence electrons. The Hall–Kier alpha value is -0.110. The molecule has 1 aromatic rings. The van der Waals surface area contributed by atoms with Crippen molar-refractivity contribution < 1.29 is 18.1 Å². The molecule has 0 saturated carbocycles. The Kier molecular flexibility index (Phi) is 8.32. The van der Waals surface area contributed by atoms with Gasteiger partial charge in [0.2, 0.25) is 0 Å². The van der Waals surface area contributed by atoms with Crippen LogP contribution in [0, 0.1) is 13.8 Å². The average molecular weight is 311 g/mol.